The van der Waals surface area contributed by atoms with Crippen molar-refractivity contribution < 1.29 is 28.6 Å². The molecular formula is C71H114O6. The van der Waals surface area contributed by atoms with Crippen LogP contribution in [0.1, 0.15) is 265 Å². The van der Waals surface area contributed by atoms with Crippen molar-refractivity contribution >= 4 is 17.9 Å². The lowest BCUT2D eigenvalue weighted by atomic mass is 10.1. The Morgan fingerprint density at radius 2 is 0.532 bits per heavy atom. The van der Waals surface area contributed by atoms with E-state index >= 15 is 0 Å². The zero-order valence-electron chi connectivity index (χ0n) is 49.7. The van der Waals surface area contributed by atoms with Gasteiger partial charge in [-0.2, -0.15) is 0 Å². The van der Waals surface area contributed by atoms with Gasteiger partial charge in [0.25, 0.3) is 0 Å². The fourth-order valence-corrected chi connectivity index (χ4v) is 8.10. The first-order valence-corrected chi connectivity index (χ1v) is 31.3. The Balaban J connectivity index is 4.47. The highest BCUT2D eigenvalue weighted by Crippen LogP contribution is 2.14. The molecule has 0 aromatic rings. The van der Waals surface area contributed by atoms with E-state index in [0.29, 0.717) is 19.3 Å². The molecule has 0 rings (SSSR count). The van der Waals surface area contributed by atoms with E-state index in [2.05, 4.69) is 167 Å². The minimum Gasteiger partial charge on any atom is -0.462 e. The maximum Gasteiger partial charge on any atom is 0.306 e. The van der Waals surface area contributed by atoms with Crippen molar-refractivity contribution in [2.24, 2.45) is 0 Å². The second-order valence-corrected chi connectivity index (χ2v) is 20.2. The molecule has 0 amide bonds. The van der Waals surface area contributed by atoms with Crippen LogP contribution in [0.3, 0.4) is 0 Å². The summed E-state index contributed by atoms with van der Waals surface area (Å²) in [5.74, 6) is -0.997. The zero-order chi connectivity index (χ0) is 55.7. The van der Waals surface area contributed by atoms with E-state index in [9.17, 15) is 14.4 Å². The molecule has 0 aromatic carbocycles. The lowest BCUT2D eigenvalue weighted by Gasteiger charge is -2.18. The Morgan fingerprint density at radius 3 is 0.896 bits per heavy atom. The summed E-state index contributed by atoms with van der Waals surface area (Å²) in [5, 5.41) is 0. The minimum absolute atomic E-state index is 0.111. The number of carbonyl (C=O) groups is 3. The van der Waals surface area contributed by atoms with Gasteiger partial charge in [0.15, 0.2) is 6.10 Å². The third-order valence-electron chi connectivity index (χ3n) is 12.8. The number of hydrogen-bond donors (Lipinski definition) is 0. The number of hydrogen-bond acceptors (Lipinski definition) is 6. The molecule has 6 heteroatoms. The van der Waals surface area contributed by atoms with Gasteiger partial charge in [0.1, 0.15) is 13.2 Å². The highest BCUT2D eigenvalue weighted by Gasteiger charge is 2.19. The molecule has 0 N–H and O–H groups in total. The standard InChI is InChI=1S/C71H114O6/c1-4-7-10-13-16-19-22-25-28-30-31-32-33-34-35-36-37-38-39-40-41-42-44-46-49-52-55-58-61-64-70(73)76-67-68(66-75-69(72)63-60-57-54-51-48-45-27-24-21-18-15-12-9-6-3)77-71(74)65-62-59-56-53-50-47-43-29-26-23-20-17-14-11-8-5-2/h7,10,15-16,18-19,24-25,27-29,31-32,34-35,37-38,40-41,43-44,46,52,55,68H,4-6,8-9,11-14,17,20-23,26,30,33,36,39,42,45,47-51,53-54,56-67H2,1-3H3/b10-7-,18-15-,19-16-,27-24-,28-25-,32-31-,35-34-,38-37-,41-40-,43-29-,46-44-,55-52-. The molecule has 1 unspecified atom stereocenters. The van der Waals surface area contributed by atoms with Gasteiger partial charge in [0, 0.05) is 19.3 Å². The molecule has 0 aliphatic heterocycles. The summed E-state index contributed by atoms with van der Waals surface area (Å²) in [6.07, 6.45) is 91.4. The second-order valence-electron chi connectivity index (χ2n) is 20.2. The van der Waals surface area contributed by atoms with Crippen LogP contribution in [0.5, 0.6) is 0 Å². The molecule has 0 aliphatic carbocycles. The summed E-state index contributed by atoms with van der Waals surface area (Å²) in [6, 6.07) is 0. The molecule has 0 saturated heterocycles. The average molecular weight is 1060 g/mol. The van der Waals surface area contributed by atoms with Crippen molar-refractivity contribution in [1.29, 1.82) is 0 Å². The van der Waals surface area contributed by atoms with Gasteiger partial charge in [-0.05, 0) is 135 Å². The van der Waals surface area contributed by atoms with E-state index in [4.69, 9.17) is 14.2 Å². The van der Waals surface area contributed by atoms with E-state index in [-0.39, 0.29) is 37.5 Å². The number of esters is 3. The highest BCUT2D eigenvalue weighted by molar-refractivity contribution is 5.71. The van der Waals surface area contributed by atoms with Gasteiger partial charge in [-0.3, -0.25) is 14.4 Å². The van der Waals surface area contributed by atoms with Gasteiger partial charge < -0.3 is 14.2 Å². The average Bonchev–Trinajstić information content (AvgIpc) is 3.43. The van der Waals surface area contributed by atoms with E-state index in [1.807, 2.05) is 0 Å². The van der Waals surface area contributed by atoms with Crippen LogP contribution < -0.4 is 0 Å². The molecule has 434 valence electrons. The summed E-state index contributed by atoms with van der Waals surface area (Å²) in [5.41, 5.74) is 0. The number of allylic oxidation sites excluding steroid dienone is 24. The molecule has 0 fully saturated rings. The van der Waals surface area contributed by atoms with Crippen molar-refractivity contribution in [1.82, 2.24) is 0 Å². The Morgan fingerprint density at radius 1 is 0.273 bits per heavy atom. The van der Waals surface area contributed by atoms with Crippen molar-refractivity contribution in [3.05, 3.63) is 146 Å². The Bertz CT molecular complexity index is 1700. The van der Waals surface area contributed by atoms with Gasteiger partial charge in [-0.25, -0.2) is 0 Å². The predicted molar refractivity (Wildman–Crippen MR) is 334 cm³/mol. The Labute approximate surface area is 474 Å². The quantitative estimate of drug-likeness (QED) is 0.0261. The molecule has 77 heavy (non-hydrogen) atoms. The second kappa shape index (κ2) is 63.8. The summed E-state index contributed by atoms with van der Waals surface area (Å²) >= 11 is 0. The van der Waals surface area contributed by atoms with Crippen molar-refractivity contribution in [3.8, 4) is 0 Å². The molecule has 1 atom stereocenters. The molecule has 0 heterocycles. The first kappa shape index (κ1) is 72.3. The SMILES string of the molecule is CC/C=C\C/C=C\C/C=C\C/C=C\C/C=C\C/C=C\C/C=C\C/C=C\C/C=C\CCCC(=O)OCC(COC(=O)CCCCCCC/C=C\C/C=C\CCCC)OC(=O)CCCCCCC/C=C\CCCCCCCCC. The normalized spacial score (nSPS) is 13.1. The predicted octanol–water partition coefficient (Wildman–Crippen LogP) is 21.5. The molecule has 0 bridgehead atoms. The van der Waals surface area contributed by atoms with Crippen LogP contribution in [-0.4, -0.2) is 37.2 Å². The Kier molecular flexibility index (Phi) is 59.9. The summed E-state index contributed by atoms with van der Waals surface area (Å²) in [4.78, 5) is 38.2. The molecule has 0 aliphatic rings. The number of rotatable bonds is 55. The van der Waals surface area contributed by atoms with Gasteiger partial charge in [0.05, 0.1) is 0 Å². The molecular weight excluding hydrogens is 949 g/mol. The topological polar surface area (TPSA) is 78.9 Å². The molecule has 0 radical (unpaired) electrons. The third-order valence-corrected chi connectivity index (χ3v) is 12.8. The molecule has 6 nitrogen and oxygen atoms in total. The van der Waals surface area contributed by atoms with Crippen LogP contribution in [-0.2, 0) is 28.6 Å². The largest absolute Gasteiger partial charge is 0.462 e. The van der Waals surface area contributed by atoms with E-state index in [1.165, 1.54) is 77.0 Å². The van der Waals surface area contributed by atoms with E-state index in [1.54, 1.807) is 0 Å². The fourth-order valence-electron chi connectivity index (χ4n) is 8.10. The van der Waals surface area contributed by atoms with Crippen LogP contribution in [0.15, 0.2) is 146 Å². The lowest BCUT2D eigenvalue weighted by molar-refractivity contribution is -0.167. The molecule has 0 aromatic heterocycles. The Hall–Kier alpha value is -4.71. The number of ether oxygens (including phenoxy) is 3. The summed E-state index contributed by atoms with van der Waals surface area (Å²) in [7, 11) is 0. The third kappa shape index (κ3) is 62.0. The van der Waals surface area contributed by atoms with Crippen LogP contribution in [0, 0.1) is 0 Å². The van der Waals surface area contributed by atoms with Crippen LogP contribution in [0.25, 0.3) is 0 Å². The van der Waals surface area contributed by atoms with Crippen molar-refractivity contribution in [3.63, 3.8) is 0 Å². The van der Waals surface area contributed by atoms with Gasteiger partial charge in [0.2, 0.25) is 0 Å². The maximum absolute atomic E-state index is 12.9. The smallest absolute Gasteiger partial charge is 0.306 e. The van der Waals surface area contributed by atoms with E-state index < -0.39 is 6.10 Å². The number of unbranched alkanes of at least 4 members (excludes halogenated alkanes) is 20. The fraction of sp³-hybridized carbons (Fsp3) is 0.620. The van der Waals surface area contributed by atoms with Gasteiger partial charge in [-0.15, -0.1) is 0 Å². The van der Waals surface area contributed by atoms with Crippen molar-refractivity contribution in [2.75, 3.05) is 13.2 Å². The molecule has 0 saturated carbocycles. The highest BCUT2D eigenvalue weighted by atomic mass is 16.6. The number of carbonyl (C=O) groups excluding carboxylic acids is 3. The summed E-state index contributed by atoms with van der Waals surface area (Å²) in [6.45, 7) is 6.41. The van der Waals surface area contributed by atoms with Crippen LogP contribution >= 0.6 is 0 Å². The molecule has 0 spiro atoms. The minimum atomic E-state index is -0.818. The lowest BCUT2D eigenvalue weighted by Crippen LogP contribution is -2.30. The maximum atomic E-state index is 12.9. The van der Waals surface area contributed by atoms with Gasteiger partial charge >= 0.3 is 17.9 Å². The first-order valence-electron chi connectivity index (χ1n) is 31.3. The van der Waals surface area contributed by atoms with Crippen LogP contribution in [0.4, 0.5) is 0 Å². The first-order chi connectivity index (χ1) is 38.0. The zero-order valence-corrected chi connectivity index (χ0v) is 49.7. The van der Waals surface area contributed by atoms with Crippen LogP contribution in [0.2, 0.25) is 0 Å². The van der Waals surface area contributed by atoms with E-state index in [0.717, 1.165) is 141 Å². The van der Waals surface area contributed by atoms with Crippen molar-refractivity contribution in [2.45, 2.75) is 271 Å². The monoisotopic (exact) mass is 1060 g/mol. The summed E-state index contributed by atoms with van der Waals surface area (Å²) < 4.78 is 16.8. The van der Waals surface area contributed by atoms with Gasteiger partial charge in [-0.1, -0.05) is 256 Å².